The van der Waals surface area contributed by atoms with E-state index in [9.17, 15) is 43.2 Å². The number of rotatable bonds is 74. The minimum atomic E-state index is -4.96. The number of hydrogen-bond donors (Lipinski definition) is 3. The van der Waals surface area contributed by atoms with Gasteiger partial charge in [0.15, 0.2) is 12.2 Å². The van der Waals surface area contributed by atoms with Crippen LogP contribution in [0.25, 0.3) is 0 Å². The predicted octanol–water partition coefficient (Wildman–Crippen LogP) is 21.9. The summed E-state index contributed by atoms with van der Waals surface area (Å²) in [5, 5.41) is 10.6. The van der Waals surface area contributed by atoms with Crippen LogP contribution >= 0.6 is 15.6 Å². The molecule has 3 N–H and O–H groups in total. The molecule has 94 heavy (non-hydrogen) atoms. The molecule has 5 atom stereocenters. The molecule has 0 aliphatic rings. The number of carbonyl (C=O) groups excluding carboxylic acids is 4. The minimum Gasteiger partial charge on any atom is -0.462 e. The molecule has 0 aromatic rings. The summed E-state index contributed by atoms with van der Waals surface area (Å²) >= 11 is 0. The molecule has 0 rings (SSSR count). The summed E-state index contributed by atoms with van der Waals surface area (Å²) in [6.07, 6.45) is 54.2. The van der Waals surface area contributed by atoms with Crippen LogP contribution in [-0.4, -0.2) is 96.7 Å². The number of ether oxygens (including phenoxy) is 4. The first-order valence-electron chi connectivity index (χ1n) is 39.0. The second-order valence-electron chi connectivity index (χ2n) is 28.0. The van der Waals surface area contributed by atoms with E-state index in [0.717, 1.165) is 102 Å². The maximum absolute atomic E-state index is 13.1. The van der Waals surface area contributed by atoms with Crippen molar-refractivity contribution >= 4 is 39.5 Å². The van der Waals surface area contributed by atoms with Crippen molar-refractivity contribution in [3.05, 3.63) is 0 Å². The number of carbonyl (C=O) groups is 4. The number of unbranched alkanes of at least 4 members (excludes halogenated alkanes) is 44. The van der Waals surface area contributed by atoms with Crippen LogP contribution in [0.4, 0.5) is 0 Å². The largest absolute Gasteiger partial charge is 0.472 e. The fourth-order valence-electron chi connectivity index (χ4n) is 11.5. The van der Waals surface area contributed by atoms with Crippen molar-refractivity contribution < 1.29 is 80.2 Å². The van der Waals surface area contributed by atoms with Gasteiger partial charge < -0.3 is 33.8 Å². The lowest BCUT2D eigenvalue weighted by atomic mass is 10.0. The molecule has 0 aromatic heterocycles. The topological polar surface area (TPSA) is 237 Å². The summed E-state index contributed by atoms with van der Waals surface area (Å²) in [7, 11) is -9.91. The Kier molecular flexibility index (Phi) is 65.5. The van der Waals surface area contributed by atoms with Gasteiger partial charge in [0.25, 0.3) is 0 Å². The molecule has 0 heterocycles. The van der Waals surface area contributed by atoms with Crippen LogP contribution in [0.2, 0.25) is 0 Å². The van der Waals surface area contributed by atoms with Crippen molar-refractivity contribution in [2.45, 2.75) is 407 Å². The van der Waals surface area contributed by atoms with Gasteiger partial charge in [0.05, 0.1) is 26.4 Å². The van der Waals surface area contributed by atoms with Gasteiger partial charge >= 0.3 is 39.5 Å². The molecule has 0 bridgehead atoms. The fourth-order valence-corrected chi connectivity index (χ4v) is 13.1. The molecule has 0 saturated heterocycles. The fraction of sp³-hybridized carbons (Fsp3) is 0.947. The molecule has 0 fully saturated rings. The number of phosphoric ester groups is 2. The van der Waals surface area contributed by atoms with E-state index in [0.29, 0.717) is 25.7 Å². The smallest absolute Gasteiger partial charge is 0.462 e. The number of phosphoric acid groups is 2. The number of aliphatic hydroxyl groups excluding tert-OH is 1. The van der Waals surface area contributed by atoms with Crippen molar-refractivity contribution in [1.82, 2.24) is 0 Å². The molecule has 558 valence electrons. The maximum atomic E-state index is 13.1. The van der Waals surface area contributed by atoms with Crippen LogP contribution in [0.3, 0.4) is 0 Å². The first kappa shape index (κ1) is 92.1. The average molecular weight is 1380 g/mol. The van der Waals surface area contributed by atoms with Gasteiger partial charge in [-0.1, -0.05) is 337 Å². The highest BCUT2D eigenvalue weighted by Crippen LogP contribution is 2.45. The van der Waals surface area contributed by atoms with E-state index in [1.165, 1.54) is 205 Å². The third-order valence-electron chi connectivity index (χ3n) is 17.5. The number of aliphatic hydroxyl groups is 1. The monoisotopic (exact) mass is 1380 g/mol. The van der Waals surface area contributed by atoms with Crippen molar-refractivity contribution in [2.24, 2.45) is 11.8 Å². The third kappa shape index (κ3) is 68.6. The van der Waals surface area contributed by atoms with Gasteiger partial charge in [0.1, 0.15) is 19.3 Å². The Bertz CT molecular complexity index is 1820. The summed E-state index contributed by atoms with van der Waals surface area (Å²) in [6, 6.07) is 0. The molecule has 0 saturated carbocycles. The maximum Gasteiger partial charge on any atom is 0.472 e. The van der Waals surface area contributed by atoms with Crippen LogP contribution < -0.4 is 0 Å². The van der Waals surface area contributed by atoms with E-state index in [4.69, 9.17) is 37.0 Å². The van der Waals surface area contributed by atoms with Gasteiger partial charge in [-0.05, 0) is 37.5 Å². The average Bonchev–Trinajstić information content (AvgIpc) is 1.65. The van der Waals surface area contributed by atoms with Crippen LogP contribution in [0.15, 0.2) is 0 Å². The lowest BCUT2D eigenvalue weighted by Gasteiger charge is -2.21. The van der Waals surface area contributed by atoms with Crippen LogP contribution in [-0.2, 0) is 65.4 Å². The first-order chi connectivity index (χ1) is 45.4. The van der Waals surface area contributed by atoms with Gasteiger partial charge in [0, 0.05) is 25.7 Å². The minimum absolute atomic E-state index is 0.105. The predicted molar refractivity (Wildman–Crippen MR) is 381 cm³/mol. The SMILES string of the molecule is CCCCCCCCCCCCCCCCCCCCCC(=O)O[C@H](COC(=O)CCCCCCCCCCCCCCC(C)C)COP(=O)(O)OC[C@@H](O)COP(=O)(O)OC[C@@H](COC(=O)CCCCCCCCCCC)OC(=O)CCCCCCCCCCC(C)C. The molecule has 0 radical (unpaired) electrons. The quantitative estimate of drug-likeness (QED) is 0.0222. The summed E-state index contributed by atoms with van der Waals surface area (Å²) in [5.74, 6) is -0.619. The Balaban J connectivity index is 5.21. The Hall–Kier alpha value is -1.94. The van der Waals surface area contributed by atoms with E-state index in [2.05, 4.69) is 41.5 Å². The Morgan fingerprint density at radius 2 is 0.489 bits per heavy atom. The molecule has 0 aliphatic heterocycles. The molecular formula is C75H146O17P2. The highest BCUT2D eigenvalue weighted by Gasteiger charge is 2.30. The highest BCUT2D eigenvalue weighted by molar-refractivity contribution is 7.47. The molecule has 0 aliphatic carbocycles. The summed E-state index contributed by atoms with van der Waals surface area (Å²) in [4.78, 5) is 72.7. The number of hydrogen-bond acceptors (Lipinski definition) is 15. The van der Waals surface area contributed by atoms with Crippen LogP contribution in [0.1, 0.15) is 388 Å². The summed E-state index contributed by atoms with van der Waals surface area (Å²) < 4.78 is 68.4. The Morgan fingerprint density at radius 3 is 0.723 bits per heavy atom. The Morgan fingerprint density at radius 1 is 0.287 bits per heavy atom. The van der Waals surface area contributed by atoms with Crippen molar-refractivity contribution in [1.29, 1.82) is 0 Å². The van der Waals surface area contributed by atoms with E-state index < -0.39 is 97.5 Å². The van der Waals surface area contributed by atoms with Gasteiger partial charge in [-0.2, -0.15) is 0 Å². The Labute approximate surface area is 575 Å². The van der Waals surface area contributed by atoms with Gasteiger partial charge in [-0.25, -0.2) is 9.13 Å². The van der Waals surface area contributed by atoms with Crippen LogP contribution in [0.5, 0.6) is 0 Å². The summed E-state index contributed by atoms with van der Waals surface area (Å²) in [6.45, 7) is 9.54. The third-order valence-corrected chi connectivity index (χ3v) is 19.4. The lowest BCUT2D eigenvalue weighted by molar-refractivity contribution is -0.161. The zero-order chi connectivity index (χ0) is 69.3. The standard InChI is InChI=1S/C75H146O17P2/c1-7-9-11-13-15-17-18-19-20-21-22-23-24-25-30-34-41-47-53-59-74(79)91-70(64-86-73(78)58-52-46-40-33-29-27-26-28-32-37-43-49-55-67(3)4)65-89-93(81,82)87-61-69(76)62-88-94(83,84)90-66-71(63-85-72(77)57-51-45-39-31-16-14-12-10-8-2)92-75(80)60-54-48-42-36-35-38-44-50-56-68(5)6/h67-71,76H,7-66H2,1-6H3,(H,81,82)(H,83,84)/t69-,70-,71-/m1/s1. The van der Waals surface area contributed by atoms with Gasteiger partial charge in [-0.3, -0.25) is 37.3 Å². The summed E-state index contributed by atoms with van der Waals surface area (Å²) in [5.41, 5.74) is 0. The molecule has 0 spiro atoms. The normalized spacial score (nSPS) is 14.0. The highest BCUT2D eigenvalue weighted by atomic mass is 31.2. The lowest BCUT2D eigenvalue weighted by Crippen LogP contribution is -2.30. The molecular weight excluding hydrogens is 1230 g/mol. The van der Waals surface area contributed by atoms with Crippen molar-refractivity contribution in [2.75, 3.05) is 39.6 Å². The molecule has 17 nitrogen and oxygen atoms in total. The molecule has 0 amide bonds. The number of esters is 4. The van der Waals surface area contributed by atoms with Crippen LogP contribution in [0, 0.1) is 11.8 Å². The molecule has 0 aromatic carbocycles. The molecule has 2 unspecified atom stereocenters. The van der Waals surface area contributed by atoms with Crippen molar-refractivity contribution in [3.63, 3.8) is 0 Å². The van der Waals surface area contributed by atoms with Gasteiger partial charge in [-0.15, -0.1) is 0 Å². The van der Waals surface area contributed by atoms with E-state index in [1.807, 2.05) is 0 Å². The molecule has 19 heteroatoms. The van der Waals surface area contributed by atoms with E-state index in [-0.39, 0.29) is 25.7 Å². The van der Waals surface area contributed by atoms with Gasteiger partial charge in [0.2, 0.25) is 0 Å². The van der Waals surface area contributed by atoms with E-state index >= 15 is 0 Å². The zero-order valence-corrected chi connectivity index (χ0v) is 63.1. The zero-order valence-electron chi connectivity index (χ0n) is 61.3. The van der Waals surface area contributed by atoms with E-state index in [1.54, 1.807) is 0 Å². The van der Waals surface area contributed by atoms with Crippen molar-refractivity contribution in [3.8, 4) is 0 Å². The first-order valence-corrected chi connectivity index (χ1v) is 42.0. The second-order valence-corrected chi connectivity index (χ2v) is 30.9. The second kappa shape index (κ2) is 66.9.